The van der Waals surface area contributed by atoms with Crippen molar-refractivity contribution in [1.29, 1.82) is 0 Å². The van der Waals surface area contributed by atoms with Crippen LogP contribution in [0.15, 0.2) is 42.5 Å². The Hall–Kier alpha value is -2.82. The largest absolute Gasteiger partial charge is 0.494 e. The number of carbonyl (C=O) groups excluding carboxylic acids is 2. The monoisotopic (exact) mass is 394 g/mol. The summed E-state index contributed by atoms with van der Waals surface area (Å²) in [7, 11) is 0. The molecule has 0 fully saturated rings. The molecule has 0 unspecified atom stereocenters. The lowest BCUT2D eigenvalue weighted by molar-refractivity contribution is -0.126. The van der Waals surface area contributed by atoms with Crippen LogP contribution in [0.3, 0.4) is 0 Å². The van der Waals surface area contributed by atoms with E-state index < -0.39 is 6.04 Å². The van der Waals surface area contributed by atoms with Crippen molar-refractivity contribution in [3.8, 4) is 5.75 Å². The summed E-state index contributed by atoms with van der Waals surface area (Å²) in [6.45, 7) is 6.73. The zero-order valence-electron chi connectivity index (χ0n) is 17.5. The van der Waals surface area contributed by atoms with Gasteiger partial charge in [0.15, 0.2) is 0 Å². The van der Waals surface area contributed by atoms with E-state index in [0.29, 0.717) is 19.6 Å². The number of anilines is 1. The van der Waals surface area contributed by atoms with E-state index in [1.54, 1.807) is 4.90 Å². The van der Waals surface area contributed by atoms with Crippen molar-refractivity contribution >= 4 is 17.5 Å². The quantitative estimate of drug-likeness (QED) is 0.644. The Bertz CT molecular complexity index is 878. The minimum atomic E-state index is -0.596. The number of hydrogen-bond donors (Lipinski definition) is 1. The summed E-state index contributed by atoms with van der Waals surface area (Å²) in [5.74, 6) is 0.575. The molecule has 1 atom stereocenters. The van der Waals surface area contributed by atoms with Gasteiger partial charge in [0.05, 0.1) is 6.61 Å². The van der Waals surface area contributed by atoms with Crippen LogP contribution in [0.4, 0.5) is 5.69 Å². The Morgan fingerprint density at radius 3 is 2.72 bits per heavy atom. The molecule has 3 rings (SSSR count). The summed E-state index contributed by atoms with van der Waals surface area (Å²) in [4.78, 5) is 26.4. The maximum atomic E-state index is 13.0. The average Bonchev–Trinajstić information content (AvgIpc) is 2.94. The molecule has 154 valence electrons. The third-order valence-electron chi connectivity index (χ3n) is 5.16. The molecule has 5 nitrogen and oxygen atoms in total. The maximum absolute atomic E-state index is 13.0. The van der Waals surface area contributed by atoms with E-state index in [1.807, 2.05) is 37.3 Å². The number of nitrogens with one attached hydrogen (secondary N) is 1. The van der Waals surface area contributed by atoms with Crippen molar-refractivity contribution in [2.45, 2.75) is 52.5 Å². The normalized spacial score (nSPS) is 15.3. The molecular formula is C24H30N2O3. The second-order valence-electron chi connectivity index (χ2n) is 7.64. The van der Waals surface area contributed by atoms with Crippen LogP contribution in [0.5, 0.6) is 5.75 Å². The van der Waals surface area contributed by atoms with Gasteiger partial charge in [-0.2, -0.15) is 0 Å². The van der Waals surface area contributed by atoms with E-state index in [4.69, 9.17) is 4.74 Å². The molecule has 1 heterocycles. The number of aryl methyl sites for hydroxylation is 2. The summed E-state index contributed by atoms with van der Waals surface area (Å²) in [6, 6.07) is 13.5. The molecule has 2 aromatic rings. The van der Waals surface area contributed by atoms with E-state index in [9.17, 15) is 9.59 Å². The van der Waals surface area contributed by atoms with Crippen molar-refractivity contribution in [3.05, 3.63) is 59.2 Å². The number of rotatable bonds is 9. The first-order valence-corrected chi connectivity index (χ1v) is 10.4. The Balaban J connectivity index is 1.68. The molecule has 0 bridgehead atoms. The van der Waals surface area contributed by atoms with Gasteiger partial charge < -0.3 is 15.0 Å². The summed E-state index contributed by atoms with van der Waals surface area (Å²) < 4.78 is 5.82. The molecule has 0 aromatic heterocycles. The number of carbonyl (C=O) groups is 2. The molecule has 0 radical (unpaired) electrons. The van der Waals surface area contributed by atoms with Crippen LogP contribution in [0.2, 0.25) is 0 Å². The smallest absolute Gasteiger partial charge is 0.254 e. The van der Waals surface area contributed by atoms with Crippen molar-refractivity contribution in [3.63, 3.8) is 0 Å². The predicted molar refractivity (Wildman–Crippen MR) is 115 cm³/mol. The Labute approximate surface area is 173 Å². The highest BCUT2D eigenvalue weighted by Crippen LogP contribution is 2.37. The van der Waals surface area contributed by atoms with Crippen molar-refractivity contribution < 1.29 is 14.3 Å². The van der Waals surface area contributed by atoms with Crippen LogP contribution < -0.4 is 15.0 Å². The second kappa shape index (κ2) is 9.59. The van der Waals surface area contributed by atoms with Gasteiger partial charge in [0.2, 0.25) is 5.91 Å². The SMILES string of the molecule is CCCCc1ccc2c(c1)[C@H](NC(C)=O)C(=O)N2CCCOc1cccc(C)c1. The number of nitrogens with zero attached hydrogens (tertiary/aromatic N) is 1. The van der Waals surface area contributed by atoms with E-state index >= 15 is 0 Å². The highest BCUT2D eigenvalue weighted by atomic mass is 16.5. The number of fused-ring (bicyclic) bond motifs is 1. The number of hydrogen-bond acceptors (Lipinski definition) is 3. The van der Waals surface area contributed by atoms with Crippen LogP contribution in [-0.2, 0) is 16.0 Å². The minimum absolute atomic E-state index is 0.0709. The average molecular weight is 395 g/mol. The third-order valence-corrected chi connectivity index (χ3v) is 5.16. The first-order chi connectivity index (χ1) is 14.0. The van der Waals surface area contributed by atoms with Gasteiger partial charge in [-0.1, -0.05) is 37.6 Å². The Kier molecular flexibility index (Phi) is 6.91. The van der Waals surface area contributed by atoms with Crippen LogP contribution in [-0.4, -0.2) is 25.0 Å². The fourth-order valence-corrected chi connectivity index (χ4v) is 3.72. The highest BCUT2D eigenvalue weighted by Gasteiger charge is 2.37. The van der Waals surface area contributed by atoms with Crippen LogP contribution >= 0.6 is 0 Å². The van der Waals surface area contributed by atoms with E-state index in [2.05, 4.69) is 24.4 Å². The molecule has 1 aliphatic heterocycles. The second-order valence-corrected chi connectivity index (χ2v) is 7.64. The molecule has 1 aliphatic rings. The van der Waals surface area contributed by atoms with Gasteiger partial charge in [-0.3, -0.25) is 9.59 Å². The lowest BCUT2D eigenvalue weighted by Crippen LogP contribution is -2.37. The van der Waals surface area contributed by atoms with Crippen LogP contribution in [0, 0.1) is 6.92 Å². The third kappa shape index (κ3) is 5.17. The molecule has 0 aliphatic carbocycles. The maximum Gasteiger partial charge on any atom is 0.254 e. The Morgan fingerprint density at radius 1 is 1.17 bits per heavy atom. The lowest BCUT2D eigenvalue weighted by Gasteiger charge is -2.18. The van der Waals surface area contributed by atoms with Gasteiger partial charge in [-0.05, 0) is 55.5 Å². The standard InChI is InChI=1S/C24H30N2O3/c1-4-5-9-19-11-12-22-21(16-19)23(25-18(3)27)24(28)26(22)13-7-14-29-20-10-6-8-17(2)15-20/h6,8,10-12,15-16,23H,4-5,7,9,13-14H2,1-3H3,(H,25,27)/t23-/m0/s1. The fourth-order valence-electron chi connectivity index (χ4n) is 3.72. The van der Waals surface area contributed by atoms with Gasteiger partial charge >= 0.3 is 0 Å². The van der Waals surface area contributed by atoms with E-state index in [0.717, 1.165) is 41.8 Å². The summed E-state index contributed by atoms with van der Waals surface area (Å²) in [5, 5.41) is 2.82. The van der Waals surface area contributed by atoms with Crippen LogP contribution in [0.25, 0.3) is 0 Å². The summed E-state index contributed by atoms with van der Waals surface area (Å²) in [5.41, 5.74) is 4.16. The number of amides is 2. The predicted octanol–water partition coefficient (Wildman–Crippen LogP) is 4.33. The Morgan fingerprint density at radius 2 is 2.00 bits per heavy atom. The molecule has 0 saturated heterocycles. The van der Waals surface area contributed by atoms with Gasteiger partial charge in [0, 0.05) is 24.7 Å². The molecule has 0 spiro atoms. The van der Waals surface area contributed by atoms with Crippen molar-refractivity contribution in [2.24, 2.45) is 0 Å². The molecule has 0 saturated carbocycles. The number of unbranched alkanes of at least 4 members (excludes halogenated alkanes) is 1. The van der Waals surface area contributed by atoms with Gasteiger partial charge in [0.1, 0.15) is 11.8 Å². The summed E-state index contributed by atoms with van der Waals surface area (Å²) in [6.07, 6.45) is 3.92. The molecular weight excluding hydrogens is 364 g/mol. The first-order valence-electron chi connectivity index (χ1n) is 10.4. The van der Waals surface area contributed by atoms with Gasteiger partial charge in [0.25, 0.3) is 5.91 Å². The van der Waals surface area contributed by atoms with E-state index in [1.165, 1.54) is 12.5 Å². The minimum Gasteiger partial charge on any atom is -0.494 e. The zero-order chi connectivity index (χ0) is 20.8. The van der Waals surface area contributed by atoms with Gasteiger partial charge in [-0.25, -0.2) is 0 Å². The number of benzene rings is 2. The van der Waals surface area contributed by atoms with Crippen molar-refractivity contribution in [2.75, 3.05) is 18.1 Å². The molecule has 5 heteroatoms. The number of ether oxygens (including phenoxy) is 1. The molecule has 1 N–H and O–H groups in total. The molecule has 2 aromatic carbocycles. The fraction of sp³-hybridized carbons (Fsp3) is 0.417. The first kappa shape index (κ1) is 20.9. The van der Waals surface area contributed by atoms with Crippen molar-refractivity contribution in [1.82, 2.24) is 5.32 Å². The summed E-state index contributed by atoms with van der Waals surface area (Å²) >= 11 is 0. The van der Waals surface area contributed by atoms with Gasteiger partial charge in [-0.15, -0.1) is 0 Å². The van der Waals surface area contributed by atoms with Crippen LogP contribution in [0.1, 0.15) is 55.8 Å². The zero-order valence-corrected chi connectivity index (χ0v) is 17.5. The topological polar surface area (TPSA) is 58.6 Å². The van der Waals surface area contributed by atoms with E-state index in [-0.39, 0.29) is 11.8 Å². The lowest BCUT2D eigenvalue weighted by atomic mass is 10.0. The molecule has 29 heavy (non-hydrogen) atoms. The highest BCUT2D eigenvalue weighted by molar-refractivity contribution is 6.06. The molecule has 2 amide bonds.